The molecule has 10 heteroatoms. The van der Waals surface area contributed by atoms with Crippen LogP contribution in [0.2, 0.25) is 0 Å². The van der Waals surface area contributed by atoms with Crippen LogP contribution in [0.15, 0.2) is 4.79 Å². The molecule has 0 radical (unpaired) electrons. The molecule has 1 aromatic heterocycles. The number of ether oxygens (including phenoxy) is 3. The van der Waals surface area contributed by atoms with Crippen molar-refractivity contribution in [2.24, 2.45) is 0 Å². The van der Waals surface area contributed by atoms with E-state index < -0.39 is 52.3 Å². The molecule has 0 atom stereocenters. The number of aromatic amines is 1. The van der Waals surface area contributed by atoms with Crippen molar-refractivity contribution in [2.75, 3.05) is 13.7 Å². The van der Waals surface area contributed by atoms with Gasteiger partial charge in [0, 0.05) is 0 Å². The number of nitrogens with one attached hydrogen (secondary N) is 1. The molecule has 1 heterocycles. The molecule has 0 saturated heterocycles. The molecule has 0 aliphatic rings. The summed E-state index contributed by atoms with van der Waals surface area (Å²) in [7, 11) is 0.933. The topological polar surface area (TPSA) is 94.7 Å². The Bertz CT molecular complexity index is 693. The second kappa shape index (κ2) is 7.37. The fourth-order valence-corrected chi connectivity index (χ4v) is 1.80. The number of methoxy groups -OCH3 is 1. The van der Waals surface area contributed by atoms with Crippen LogP contribution in [0.4, 0.5) is 13.2 Å². The van der Waals surface area contributed by atoms with Gasteiger partial charge >= 0.3 is 18.1 Å². The van der Waals surface area contributed by atoms with E-state index in [0.717, 1.165) is 7.11 Å². The van der Waals surface area contributed by atoms with Crippen molar-refractivity contribution in [3.63, 3.8) is 0 Å². The average molecular weight is 351 g/mol. The molecule has 0 spiro atoms. The van der Waals surface area contributed by atoms with Crippen LogP contribution in [0.25, 0.3) is 0 Å². The molecular formula is C14H16F3NO6. The lowest BCUT2D eigenvalue weighted by Crippen LogP contribution is -2.32. The molecule has 24 heavy (non-hydrogen) atoms. The molecule has 7 nitrogen and oxygen atoms in total. The van der Waals surface area contributed by atoms with Gasteiger partial charge in [-0.2, -0.15) is 13.2 Å². The zero-order chi connectivity index (χ0) is 18.7. The normalized spacial score (nSPS) is 11.3. The first-order chi connectivity index (χ1) is 11.0. The van der Waals surface area contributed by atoms with Crippen LogP contribution in [0.3, 0.4) is 0 Å². The SMILES string of the molecule is CCOC(=O)c1c(C(F)(F)F)[nH]c(OC(C)C)c(C(=O)OC)c1=O. The van der Waals surface area contributed by atoms with Gasteiger partial charge in [0.2, 0.25) is 11.3 Å². The lowest BCUT2D eigenvalue weighted by atomic mass is 10.1. The van der Waals surface area contributed by atoms with Crippen molar-refractivity contribution >= 4 is 11.9 Å². The number of esters is 2. The van der Waals surface area contributed by atoms with Crippen molar-refractivity contribution in [1.29, 1.82) is 0 Å². The number of carbonyl (C=O) groups excluding carboxylic acids is 2. The van der Waals surface area contributed by atoms with Crippen molar-refractivity contribution in [3.8, 4) is 5.88 Å². The van der Waals surface area contributed by atoms with Gasteiger partial charge in [0.15, 0.2) is 5.56 Å². The third kappa shape index (κ3) is 4.06. The monoisotopic (exact) mass is 351 g/mol. The van der Waals surface area contributed by atoms with E-state index in [-0.39, 0.29) is 6.61 Å². The predicted octanol–water partition coefficient (Wildman–Crippen LogP) is 2.14. The summed E-state index contributed by atoms with van der Waals surface area (Å²) in [6.45, 7) is 4.06. The van der Waals surface area contributed by atoms with E-state index in [1.807, 2.05) is 0 Å². The number of halogens is 3. The largest absolute Gasteiger partial charge is 0.476 e. The molecule has 1 rings (SSSR count). The van der Waals surface area contributed by atoms with Gasteiger partial charge in [0.25, 0.3) is 0 Å². The summed E-state index contributed by atoms with van der Waals surface area (Å²) in [6.07, 6.45) is -5.73. The summed E-state index contributed by atoms with van der Waals surface area (Å²) in [6, 6.07) is 0. The van der Waals surface area contributed by atoms with Gasteiger partial charge in [-0.15, -0.1) is 0 Å². The zero-order valence-electron chi connectivity index (χ0n) is 13.4. The minimum absolute atomic E-state index is 0.257. The summed E-state index contributed by atoms with van der Waals surface area (Å²) >= 11 is 0. The molecule has 134 valence electrons. The van der Waals surface area contributed by atoms with Crippen LogP contribution in [-0.4, -0.2) is 36.7 Å². The van der Waals surface area contributed by atoms with Gasteiger partial charge in [-0.3, -0.25) is 4.79 Å². The minimum atomic E-state index is -5.08. The third-order valence-corrected chi connectivity index (χ3v) is 2.68. The molecule has 0 aliphatic carbocycles. The number of H-pyrrole nitrogens is 1. The van der Waals surface area contributed by atoms with E-state index in [4.69, 9.17) is 4.74 Å². The summed E-state index contributed by atoms with van der Waals surface area (Å²) in [5.41, 5.74) is -5.32. The second-order valence-electron chi connectivity index (χ2n) is 4.78. The second-order valence-corrected chi connectivity index (χ2v) is 4.78. The summed E-state index contributed by atoms with van der Waals surface area (Å²) in [5, 5.41) is 0. The number of pyridine rings is 1. The molecule has 0 bridgehead atoms. The van der Waals surface area contributed by atoms with Crippen molar-refractivity contribution in [2.45, 2.75) is 33.1 Å². The van der Waals surface area contributed by atoms with Crippen molar-refractivity contribution < 1.29 is 37.0 Å². The lowest BCUT2D eigenvalue weighted by Gasteiger charge is -2.18. The first-order valence-corrected chi connectivity index (χ1v) is 6.84. The Morgan fingerprint density at radius 1 is 1.17 bits per heavy atom. The Labute approximate surface area is 134 Å². The van der Waals surface area contributed by atoms with Crippen LogP contribution in [-0.2, 0) is 15.7 Å². The van der Waals surface area contributed by atoms with Crippen LogP contribution in [0.1, 0.15) is 47.2 Å². The highest BCUT2D eigenvalue weighted by atomic mass is 19.4. The Balaban J connectivity index is 3.83. The maximum Gasteiger partial charge on any atom is 0.432 e. The van der Waals surface area contributed by atoms with E-state index in [1.165, 1.54) is 20.8 Å². The van der Waals surface area contributed by atoms with Gasteiger partial charge in [-0.1, -0.05) is 0 Å². The molecule has 0 fully saturated rings. The first kappa shape index (κ1) is 19.5. The van der Waals surface area contributed by atoms with E-state index in [0.29, 0.717) is 0 Å². The smallest absolute Gasteiger partial charge is 0.432 e. The van der Waals surface area contributed by atoms with Gasteiger partial charge in [-0.25, -0.2) is 9.59 Å². The highest BCUT2D eigenvalue weighted by Gasteiger charge is 2.41. The maximum atomic E-state index is 13.2. The highest BCUT2D eigenvalue weighted by Crippen LogP contribution is 2.32. The van der Waals surface area contributed by atoms with E-state index in [1.54, 1.807) is 4.98 Å². The quantitative estimate of drug-likeness (QED) is 0.817. The van der Waals surface area contributed by atoms with E-state index >= 15 is 0 Å². The third-order valence-electron chi connectivity index (χ3n) is 2.68. The fraction of sp³-hybridized carbons (Fsp3) is 0.500. The Morgan fingerprint density at radius 3 is 2.17 bits per heavy atom. The zero-order valence-corrected chi connectivity index (χ0v) is 13.4. The minimum Gasteiger partial charge on any atom is -0.476 e. The van der Waals surface area contributed by atoms with Gasteiger partial charge in [0.1, 0.15) is 11.3 Å². The molecule has 1 aromatic rings. The lowest BCUT2D eigenvalue weighted by molar-refractivity contribution is -0.142. The molecule has 0 saturated carbocycles. The Morgan fingerprint density at radius 2 is 1.75 bits per heavy atom. The number of aromatic nitrogens is 1. The average Bonchev–Trinajstić information content (AvgIpc) is 2.44. The molecule has 0 aliphatic heterocycles. The van der Waals surface area contributed by atoms with Crippen molar-refractivity contribution in [3.05, 3.63) is 27.0 Å². The highest BCUT2D eigenvalue weighted by molar-refractivity contribution is 5.97. The molecule has 0 amide bonds. The van der Waals surface area contributed by atoms with Gasteiger partial charge in [0.05, 0.1) is 19.8 Å². The number of hydrogen-bond donors (Lipinski definition) is 1. The van der Waals surface area contributed by atoms with Gasteiger partial charge in [-0.05, 0) is 20.8 Å². The van der Waals surface area contributed by atoms with E-state index in [2.05, 4.69) is 9.47 Å². The first-order valence-electron chi connectivity index (χ1n) is 6.84. The molecular weight excluding hydrogens is 335 g/mol. The molecule has 0 unspecified atom stereocenters. The summed E-state index contributed by atoms with van der Waals surface area (Å²) < 4.78 is 53.6. The standard InChI is InChI=1S/C14H16F3NO6/c1-5-23-13(21)7-9(19)8(12(20)22-4)11(24-6(2)3)18-10(7)14(15,16)17/h6H,5H2,1-4H3,(H,18,19). The Kier molecular flexibility index (Phi) is 5.99. The Hall–Kier alpha value is -2.52. The van der Waals surface area contributed by atoms with Crippen molar-refractivity contribution in [1.82, 2.24) is 4.98 Å². The number of carbonyl (C=O) groups is 2. The molecule has 1 N–H and O–H groups in total. The van der Waals surface area contributed by atoms with E-state index in [9.17, 15) is 27.6 Å². The maximum absolute atomic E-state index is 13.2. The predicted molar refractivity (Wildman–Crippen MR) is 75.1 cm³/mol. The fourth-order valence-electron chi connectivity index (χ4n) is 1.80. The van der Waals surface area contributed by atoms with Crippen LogP contribution >= 0.6 is 0 Å². The number of alkyl halides is 3. The van der Waals surface area contributed by atoms with Crippen LogP contribution in [0.5, 0.6) is 5.88 Å². The van der Waals surface area contributed by atoms with Crippen LogP contribution in [0, 0.1) is 0 Å². The molecule has 0 aromatic carbocycles. The van der Waals surface area contributed by atoms with Gasteiger partial charge < -0.3 is 19.2 Å². The number of rotatable bonds is 5. The summed E-state index contributed by atoms with van der Waals surface area (Å²) in [5.74, 6) is -3.49. The summed E-state index contributed by atoms with van der Waals surface area (Å²) in [4.78, 5) is 37.7. The number of hydrogen-bond acceptors (Lipinski definition) is 6. The van der Waals surface area contributed by atoms with Crippen LogP contribution < -0.4 is 10.2 Å².